The van der Waals surface area contributed by atoms with Gasteiger partial charge in [-0.1, -0.05) is 54.1 Å². The zero-order chi connectivity index (χ0) is 22.8. The summed E-state index contributed by atoms with van der Waals surface area (Å²) in [4.78, 5) is 28.5. The molecule has 1 heterocycles. The van der Waals surface area contributed by atoms with Crippen LogP contribution in [0.4, 0.5) is 11.4 Å². The third kappa shape index (κ3) is 3.78. The van der Waals surface area contributed by atoms with E-state index in [1.54, 1.807) is 18.2 Å². The van der Waals surface area contributed by atoms with Crippen molar-refractivity contribution in [3.8, 4) is 5.75 Å². The van der Waals surface area contributed by atoms with Gasteiger partial charge in [-0.2, -0.15) is 0 Å². The molecule has 1 aliphatic rings. The smallest absolute Gasteiger partial charge is 0.282 e. The van der Waals surface area contributed by atoms with E-state index in [0.29, 0.717) is 29.2 Å². The number of aryl methyl sites for hydroxylation is 2. The Kier molecular flexibility index (Phi) is 5.82. The van der Waals surface area contributed by atoms with Gasteiger partial charge < -0.3 is 10.1 Å². The molecule has 1 N–H and O–H groups in total. The molecule has 3 aromatic carbocycles. The number of benzene rings is 3. The van der Waals surface area contributed by atoms with Crippen LogP contribution in [0.3, 0.4) is 0 Å². The standard InChI is InChI=1S/C27H26N2O3/c1-5-32-23-12-7-6-11-22(23)29-26(30)24(20-15-13-17(2)14-16-20)25(27(29)31)28-21-10-8-9-18(3)19(21)4/h6-16,28H,5H2,1-4H3. The Hall–Kier alpha value is -3.86. The number of ether oxygens (including phenoxy) is 1. The molecule has 0 fully saturated rings. The molecule has 0 saturated carbocycles. The summed E-state index contributed by atoms with van der Waals surface area (Å²) in [6.45, 7) is 8.29. The summed E-state index contributed by atoms with van der Waals surface area (Å²) in [5, 5.41) is 3.27. The first-order valence-corrected chi connectivity index (χ1v) is 10.7. The maximum absolute atomic E-state index is 13.7. The van der Waals surface area contributed by atoms with Gasteiger partial charge >= 0.3 is 0 Å². The fourth-order valence-corrected chi connectivity index (χ4v) is 3.79. The number of nitrogens with one attached hydrogen (secondary N) is 1. The van der Waals surface area contributed by atoms with E-state index in [0.717, 1.165) is 22.4 Å². The molecule has 32 heavy (non-hydrogen) atoms. The second-order valence-corrected chi connectivity index (χ2v) is 7.83. The molecular formula is C27H26N2O3. The van der Waals surface area contributed by atoms with Crippen molar-refractivity contribution in [1.82, 2.24) is 0 Å². The summed E-state index contributed by atoms with van der Waals surface area (Å²) >= 11 is 0. The fourth-order valence-electron chi connectivity index (χ4n) is 3.79. The summed E-state index contributed by atoms with van der Waals surface area (Å²) in [5.74, 6) is -0.287. The quantitative estimate of drug-likeness (QED) is 0.536. The third-order valence-electron chi connectivity index (χ3n) is 5.69. The number of carbonyl (C=O) groups is 2. The first-order valence-electron chi connectivity index (χ1n) is 10.7. The summed E-state index contributed by atoms with van der Waals surface area (Å²) in [6.07, 6.45) is 0. The number of hydrogen-bond donors (Lipinski definition) is 1. The van der Waals surface area contributed by atoms with Gasteiger partial charge in [0.05, 0.1) is 17.9 Å². The van der Waals surface area contributed by atoms with Crippen molar-refractivity contribution in [2.75, 3.05) is 16.8 Å². The number of para-hydroxylation sites is 2. The van der Waals surface area contributed by atoms with E-state index in [4.69, 9.17) is 4.74 Å². The van der Waals surface area contributed by atoms with Crippen molar-refractivity contribution in [2.24, 2.45) is 0 Å². The first-order chi connectivity index (χ1) is 15.4. The van der Waals surface area contributed by atoms with Crippen LogP contribution in [-0.2, 0) is 9.59 Å². The predicted octanol–water partition coefficient (Wildman–Crippen LogP) is 5.41. The topological polar surface area (TPSA) is 58.6 Å². The van der Waals surface area contributed by atoms with Crippen LogP contribution >= 0.6 is 0 Å². The van der Waals surface area contributed by atoms with Crippen molar-refractivity contribution in [3.05, 3.63) is 94.7 Å². The van der Waals surface area contributed by atoms with Gasteiger partial charge in [0, 0.05) is 5.69 Å². The number of imide groups is 1. The first kappa shape index (κ1) is 21.4. The van der Waals surface area contributed by atoms with Crippen LogP contribution in [-0.4, -0.2) is 18.4 Å². The van der Waals surface area contributed by atoms with Crippen molar-refractivity contribution >= 4 is 28.8 Å². The minimum absolute atomic E-state index is 0.263. The Morgan fingerprint density at radius 1 is 0.844 bits per heavy atom. The van der Waals surface area contributed by atoms with E-state index in [1.165, 1.54) is 4.90 Å². The zero-order valence-corrected chi connectivity index (χ0v) is 18.7. The minimum Gasteiger partial charge on any atom is -0.492 e. The van der Waals surface area contributed by atoms with Gasteiger partial charge in [0.15, 0.2) is 0 Å². The number of nitrogens with zero attached hydrogens (tertiary/aromatic N) is 1. The van der Waals surface area contributed by atoms with Gasteiger partial charge in [-0.25, -0.2) is 4.90 Å². The van der Waals surface area contributed by atoms with Gasteiger partial charge in [0.25, 0.3) is 11.8 Å². The highest BCUT2D eigenvalue weighted by molar-refractivity contribution is 6.46. The van der Waals surface area contributed by atoms with Gasteiger partial charge in [-0.05, 0) is 62.6 Å². The number of hydrogen-bond acceptors (Lipinski definition) is 4. The lowest BCUT2D eigenvalue weighted by molar-refractivity contribution is -0.120. The van der Waals surface area contributed by atoms with Gasteiger partial charge in [0.2, 0.25) is 0 Å². The highest BCUT2D eigenvalue weighted by atomic mass is 16.5. The Balaban J connectivity index is 1.86. The Bertz CT molecular complexity index is 1230. The van der Waals surface area contributed by atoms with Crippen LogP contribution in [0.15, 0.2) is 72.4 Å². The minimum atomic E-state index is -0.404. The van der Waals surface area contributed by atoms with Crippen molar-refractivity contribution in [3.63, 3.8) is 0 Å². The molecule has 0 aliphatic carbocycles. The summed E-state index contributed by atoms with van der Waals surface area (Å²) in [6, 6.07) is 20.6. The molecule has 3 aromatic rings. The number of carbonyl (C=O) groups excluding carboxylic acids is 2. The third-order valence-corrected chi connectivity index (χ3v) is 5.69. The van der Waals surface area contributed by atoms with Crippen molar-refractivity contribution in [2.45, 2.75) is 27.7 Å². The lowest BCUT2D eigenvalue weighted by atomic mass is 10.0. The monoisotopic (exact) mass is 426 g/mol. The molecule has 1 aliphatic heterocycles. The highest BCUT2D eigenvalue weighted by Crippen LogP contribution is 2.38. The average Bonchev–Trinajstić information content (AvgIpc) is 3.02. The largest absolute Gasteiger partial charge is 0.492 e. The molecule has 0 unspecified atom stereocenters. The molecule has 0 aromatic heterocycles. The van der Waals surface area contributed by atoms with Crippen LogP contribution in [0, 0.1) is 20.8 Å². The number of rotatable bonds is 6. The van der Waals surface area contributed by atoms with E-state index >= 15 is 0 Å². The van der Waals surface area contributed by atoms with Crippen molar-refractivity contribution in [1.29, 1.82) is 0 Å². The van der Waals surface area contributed by atoms with E-state index in [1.807, 2.05) is 76.2 Å². The maximum Gasteiger partial charge on any atom is 0.282 e. The lowest BCUT2D eigenvalue weighted by Gasteiger charge is -2.19. The zero-order valence-electron chi connectivity index (χ0n) is 18.7. The van der Waals surface area contributed by atoms with E-state index < -0.39 is 5.91 Å². The fraction of sp³-hybridized carbons (Fsp3) is 0.185. The second kappa shape index (κ2) is 8.71. The molecule has 0 bridgehead atoms. The Morgan fingerprint density at radius 2 is 1.56 bits per heavy atom. The van der Waals surface area contributed by atoms with E-state index in [2.05, 4.69) is 5.32 Å². The second-order valence-electron chi connectivity index (χ2n) is 7.83. The number of amides is 2. The van der Waals surface area contributed by atoms with Gasteiger partial charge in [-0.3, -0.25) is 9.59 Å². The molecule has 0 radical (unpaired) electrons. The molecule has 5 heteroatoms. The van der Waals surface area contributed by atoms with Gasteiger partial charge in [-0.15, -0.1) is 0 Å². The molecule has 0 saturated heterocycles. The summed E-state index contributed by atoms with van der Waals surface area (Å²) < 4.78 is 5.71. The van der Waals surface area contributed by atoms with Crippen LogP contribution < -0.4 is 15.0 Å². The molecule has 0 atom stereocenters. The van der Waals surface area contributed by atoms with Crippen molar-refractivity contribution < 1.29 is 14.3 Å². The summed E-state index contributed by atoms with van der Waals surface area (Å²) in [7, 11) is 0. The highest BCUT2D eigenvalue weighted by Gasteiger charge is 2.41. The average molecular weight is 427 g/mol. The van der Waals surface area contributed by atoms with E-state index in [-0.39, 0.29) is 11.6 Å². The molecule has 4 rings (SSSR count). The van der Waals surface area contributed by atoms with E-state index in [9.17, 15) is 9.59 Å². The maximum atomic E-state index is 13.7. The SMILES string of the molecule is CCOc1ccccc1N1C(=O)C(Nc2cccc(C)c2C)=C(c2ccc(C)cc2)C1=O. The molecule has 0 spiro atoms. The summed E-state index contributed by atoms with van der Waals surface area (Å²) in [5.41, 5.74) is 5.74. The molecule has 5 nitrogen and oxygen atoms in total. The molecule has 162 valence electrons. The molecule has 2 amide bonds. The van der Waals surface area contributed by atoms with Crippen LogP contribution in [0.5, 0.6) is 5.75 Å². The Labute approximate surface area is 188 Å². The normalized spacial score (nSPS) is 13.7. The van der Waals surface area contributed by atoms with Crippen LogP contribution in [0.1, 0.15) is 29.2 Å². The van der Waals surface area contributed by atoms with Crippen LogP contribution in [0.2, 0.25) is 0 Å². The Morgan fingerprint density at radius 3 is 2.28 bits per heavy atom. The predicted molar refractivity (Wildman–Crippen MR) is 128 cm³/mol. The van der Waals surface area contributed by atoms with Crippen LogP contribution in [0.25, 0.3) is 5.57 Å². The lowest BCUT2D eigenvalue weighted by Crippen LogP contribution is -2.32. The molecular weight excluding hydrogens is 400 g/mol. The van der Waals surface area contributed by atoms with Gasteiger partial charge in [0.1, 0.15) is 11.4 Å². The number of anilines is 2.